The van der Waals surface area contributed by atoms with Crippen LogP contribution in [-0.4, -0.2) is 47.1 Å². The molecule has 0 saturated carbocycles. The van der Waals surface area contributed by atoms with E-state index in [-0.39, 0.29) is 11.9 Å². The van der Waals surface area contributed by atoms with Crippen molar-refractivity contribution in [3.63, 3.8) is 0 Å². The number of nitrogen functional groups attached to an aromatic ring is 1. The second-order valence-electron chi connectivity index (χ2n) is 4.02. The number of carbonyl (C=O) groups excluding carboxylic acids is 1. The number of ether oxygens (including phenoxy) is 1. The second-order valence-corrected chi connectivity index (χ2v) is 4.02. The summed E-state index contributed by atoms with van der Waals surface area (Å²) < 4.78 is 4.99. The van der Waals surface area contributed by atoms with Crippen molar-refractivity contribution < 1.29 is 9.53 Å². The van der Waals surface area contributed by atoms with Crippen molar-refractivity contribution in [2.75, 3.05) is 25.7 Å². The molecular formula is C11H19N5O2. The SMILES string of the molecule is COCCN(C(=O)c1cnc(NN)cn1)C(C)C. The molecule has 1 heterocycles. The summed E-state index contributed by atoms with van der Waals surface area (Å²) in [7, 11) is 1.60. The largest absolute Gasteiger partial charge is 0.383 e. The number of nitrogens with one attached hydrogen (secondary N) is 1. The molecule has 1 rings (SSSR count). The topological polar surface area (TPSA) is 93.4 Å². The van der Waals surface area contributed by atoms with Gasteiger partial charge in [-0.15, -0.1) is 0 Å². The van der Waals surface area contributed by atoms with Crippen molar-refractivity contribution in [2.45, 2.75) is 19.9 Å². The van der Waals surface area contributed by atoms with Crippen LogP contribution in [0.15, 0.2) is 12.4 Å². The molecule has 0 bridgehead atoms. The minimum atomic E-state index is -0.168. The van der Waals surface area contributed by atoms with Gasteiger partial charge in [0.25, 0.3) is 5.91 Å². The third kappa shape index (κ3) is 3.64. The fourth-order valence-electron chi connectivity index (χ4n) is 1.44. The Bertz CT molecular complexity index is 380. The van der Waals surface area contributed by atoms with Gasteiger partial charge in [-0.1, -0.05) is 0 Å². The van der Waals surface area contributed by atoms with Crippen LogP contribution in [0.5, 0.6) is 0 Å². The second kappa shape index (κ2) is 6.87. The summed E-state index contributed by atoms with van der Waals surface area (Å²) in [4.78, 5) is 21.9. The maximum atomic E-state index is 12.2. The molecule has 0 fully saturated rings. The van der Waals surface area contributed by atoms with Crippen molar-refractivity contribution in [2.24, 2.45) is 5.84 Å². The molecule has 0 aliphatic carbocycles. The van der Waals surface area contributed by atoms with Crippen LogP contribution in [0.1, 0.15) is 24.3 Å². The van der Waals surface area contributed by atoms with Crippen molar-refractivity contribution in [1.29, 1.82) is 0 Å². The van der Waals surface area contributed by atoms with E-state index in [1.54, 1.807) is 12.0 Å². The zero-order chi connectivity index (χ0) is 13.5. The fraction of sp³-hybridized carbons (Fsp3) is 0.545. The Morgan fingerprint density at radius 1 is 1.50 bits per heavy atom. The number of anilines is 1. The maximum Gasteiger partial charge on any atom is 0.274 e. The van der Waals surface area contributed by atoms with Crippen LogP contribution in [0.25, 0.3) is 0 Å². The monoisotopic (exact) mass is 253 g/mol. The highest BCUT2D eigenvalue weighted by Gasteiger charge is 2.19. The highest BCUT2D eigenvalue weighted by Crippen LogP contribution is 2.07. The Balaban J connectivity index is 2.80. The van der Waals surface area contributed by atoms with Crippen LogP contribution in [0.3, 0.4) is 0 Å². The maximum absolute atomic E-state index is 12.2. The predicted molar refractivity (Wildman–Crippen MR) is 67.9 cm³/mol. The number of amides is 1. The summed E-state index contributed by atoms with van der Waals surface area (Å²) in [5, 5.41) is 0. The lowest BCUT2D eigenvalue weighted by atomic mass is 10.2. The number of hydrogen-bond donors (Lipinski definition) is 2. The molecule has 3 N–H and O–H groups in total. The van der Waals surface area contributed by atoms with Gasteiger partial charge in [-0.3, -0.25) is 4.79 Å². The Hall–Kier alpha value is -1.73. The number of hydrogen-bond acceptors (Lipinski definition) is 6. The van der Waals surface area contributed by atoms with E-state index in [4.69, 9.17) is 10.6 Å². The lowest BCUT2D eigenvalue weighted by Crippen LogP contribution is -2.39. The molecule has 0 aliphatic rings. The van der Waals surface area contributed by atoms with E-state index in [2.05, 4.69) is 15.4 Å². The minimum absolute atomic E-state index is 0.0711. The smallest absolute Gasteiger partial charge is 0.274 e. The van der Waals surface area contributed by atoms with E-state index < -0.39 is 0 Å². The van der Waals surface area contributed by atoms with Gasteiger partial charge in [0, 0.05) is 19.7 Å². The quantitative estimate of drug-likeness (QED) is 0.558. The van der Waals surface area contributed by atoms with E-state index >= 15 is 0 Å². The van der Waals surface area contributed by atoms with Crippen LogP contribution < -0.4 is 11.3 Å². The third-order valence-corrected chi connectivity index (χ3v) is 2.44. The Morgan fingerprint density at radius 2 is 2.22 bits per heavy atom. The van der Waals surface area contributed by atoms with Gasteiger partial charge in [-0.05, 0) is 13.8 Å². The lowest BCUT2D eigenvalue weighted by Gasteiger charge is -2.25. The van der Waals surface area contributed by atoms with Crippen molar-refractivity contribution >= 4 is 11.7 Å². The summed E-state index contributed by atoms with van der Waals surface area (Å²) in [5.41, 5.74) is 2.65. The van der Waals surface area contributed by atoms with E-state index in [0.717, 1.165) is 0 Å². The number of carbonyl (C=O) groups is 1. The first-order valence-corrected chi connectivity index (χ1v) is 5.68. The molecule has 18 heavy (non-hydrogen) atoms. The summed E-state index contributed by atoms with van der Waals surface area (Å²) in [6.07, 6.45) is 2.82. The zero-order valence-electron chi connectivity index (χ0n) is 10.9. The minimum Gasteiger partial charge on any atom is -0.383 e. The van der Waals surface area contributed by atoms with Crippen molar-refractivity contribution in [3.8, 4) is 0 Å². The third-order valence-electron chi connectivity index (χ3n) is 2.44. The Labute approximate surface area is 106 Å². The number of aromatic nitrogens is 2. The van der Waals surface area contributed by atoms with E-state index in [0.29, 0.717) is 24.7 Å². The van der Waals surface area contributed by atoms with E-state index in [1.807, 2.05) is 13.8 Å². The van der Waals surface area contributed by atoms with Crippen LogP contribution in [-0.2, 0) is 4.74 Å². The van der Waals surface area contributed by atoms with Gasteiger partial charge in [0.05, 0.1) is 19.0 Å². The molecule has 100 valence electrons. The first-order chi connectivity index (χ1) is 8.60. The normalized spacial score (nSPS) is 10.5. The first kappa shape index (κ1) is 14.3. The highest BCUT2D eigenvalue weighted by atomic mass is 16.5. The first-order valence-electron chi connectivity index (χ1n) is 5.68. The molecule has 0 unspecified atom stereocenters. The number of hydrazine groups is 1. The molecule has 0 aromatic carbocycles. The molecule has 7 nitrogen and oxygen atoms in total. The Kier molecular flexibility index (Phi) is 5.47. The average Bonchev–Trinajstić information content (AvgIpc) is 2.38. The lowest BCUT2D eigenvalue weighted by molar-refractivity contribution is 0.0628. The van der Waals surface area contributed by atoms with Crippen LogP contribution >= 0.6 is 0 Å². The van der Waals surface area contributed by atoms with E-state index in [1.165, 1.54) is 12.4 Å². The molecular weight excluding hydrogens is 234 g/mol. The summed E-state index contributed by atoms with van der Waals surface area (Å²) in [5.74, 6) is 5.43. The molecule has 0 radical (unpaired) electrons. The molecule has 0 aliphatic heterocycles. The van der Waals surface area contributed by atoms with Gasteiger partial charge in [0.15, 0.2) is 5.82 Å². The van der Waals surface area contributed by atoms with Crippen molar-refractivity contribution in [3.05, 3.63) is 18.1 Å². The van der Waals surface area contributed by atoms with Crippen LogP contribution in [0, 0.1) is 0 Å². The number of methoxy groups -OCH3 is 1. The molecule has 1 aromatic rings. The predicted octanol–water partition coefficient (Wildman–Crippen LogP) is 0.259. The van der Waals surface area contributed by atoms with Gasteiger partial charge in [0.2, 0.25) is 0 Å². The standard InChI is InChI=1S/C11H19N5O2/c1-8(2)16(4-5-18-3)11(17)9-6-14-10(15-12)7-13-9/h6-8H,4-5,12H2,1-3H3,(H,14,15). The number of nitrogens with zero attached hydrogens (tertiary/aromatic N) is 3. The van der Waals surface area contributed by atoms with E-state index in [9.17, 15) is 4.79 Å². The fourth-order valence-corrected chi connectivity index (χ4v) is 1.44. The van der Waals surface area contributed by atoms with Gasteiger partial charge in [0.1, 0.15) is 5.69 Å². The molecule has 1 amide bonds. The molecule has 7 heteroatoms. The molecule has 0 saturated heterocycles. The van der Waals surface area contributed by atoms with Crippen LogP contribution in [0.4, 0.5) is 5.82 Å². The zero-order valence-corrected chi connectivity index (χ0v) is 10.9. The average molecular weight is 253 g/mol. The van der Waals surface area contributed by atoms with Gasteiger partial charge in [-0.2, -0.15) is 0 Å². The van der Waals surface area contributed by atoms with Crippen molar-refractivity contribution in [1.82, 2.24) is 14.9 Å². The Morgan fingerprint density at radius 3 is 2.67 bits per heavy atom. The molecule has 1 aromatic heterocycles. The van der Waals surface area contributed by atoms with Gasteiger partial charge in [-0.25, -0.2) is 15.8 Å². The molecule has 0 spiro atoms. The van der Waals surface area contributed by atoms with Gasteiger partial charge < -0.3 is 15.1 Å². The molecule has 0 atom stereocenters. The highest BCUT2D eigenvalue weighted by molar-refractivity contribution is 5.92. The number of rotatable bonds is 6. The van der Waals surface area contributed by atoms with Crippen LogP contribution in [0.2, 0.25) is 0 Å². The number of nitrogens with two attached hydrogens (primary N) is 1. The summed E-state index contributed by atoms with van der Waals surface area (Å²) >= 11 is 0. The summed E-state index contributed by atoms with van der Waals surface area (Å²) in [6, 6.07) is 0.0711. The summed E-state index contributed by atoms with van der Waals surface area (Å²) in [6.45, 7) is 4.89. The van der Waals surface area contributed by atoms with Gasteiger partial charge >= 0.3 is 0 Å².